The van der Waals surface area contributed by atoms with Gasteiger partial charge in [-0.3, -0.25) is 9.59 Å². The van der Waals surface area contributed by atoms with Crippen molar-refractivity contribution in [1.82, 2.24) is 5.32 Å². The van der Waals surface area contributed by atoms with E-state index in [9.17, 15) is 9.59 Å². The fourth-order valence-corrected chi connectivity index (χ4v) is 3.38. The zero-order chi connectivity index (χ0) is 22.9. The first-order chi connectivity index (χ1) is 15.5. The van der Waals surface area contributed by atoms with Crippen LogP contribution in [0.15, 0.2) is 72.8 Å². The molecule has 6 heteroatoms. The highest BCUT2D eigenvalue weighted by Gasteiger charge is 2.15. The Morgan fingerprint density at radius 2 is 1.62 bits per heavy atom. The molecule has 0 heterocycles. The van der Waals surface area contributed by atoms with E-state index in [0.29, 0.717) is 17.8 Å². The van der Waals surface area contributed by atoms with Gasteiger partial charge in [0.25, 0.3) is 5.91 Å². The molecule has 32 heavy (non-hydrogen) atoms. The lowest BCUT2D eigenvalue weighted by Gasteiger charge is -2.18. The van der Waals surface area contributed by atoms with Crippen molar-refractivity contribution in [3.8, 4) is 5.75 Å². The van der Waals surface area contributed by atoms with Gasteiger partial charge in [-0.25, -0.2) is 0 Å². The third-order valence-corrected chi connectivity index (χ3v) is 5.07. The van der Waals surface area contributed by atoms with Gasteiger partial charge in [-0.05, 0) is 47.9 Å². The van der Waals surface area contributed by atoms with E-state index in [0.717, 1.165) is 23.4 Å². The Bertz CT molecular complexity index is 1050. The standard InChI is InChI=1S/C26H29N3O3/c1-29(2)24-14-11-21(28-25(30)17-20-9-12-22(32-3)13-10-20)18-23(24)26(31)27-16-15-19-7-5-4-6-8-19/h4-14,18H,15-17H2,1-3H3,(H,27,31)(H,28,30). The third kappa shape index (κ3) is 6.35. The molecule has 2 N–H and O–H groups in total. The highest BCUT2D eigenvalue weighted by atomic mass is 16.5. The summed E-state index contributed by atoms with van der Waals surface area (Å²) in [5, 5.41) is 5.88. The molecule has 0 spiro atoms. The molecular weight excluding hydrogens is 402 g/mol. The maximum absolute atomic E-state index is 12.9. The van der Waals surface area contributed by atoms with Gasteiger partial charge in [0.2, 0.25) is 5.91 Å². The summed E-state index contributed by atoms with van der Waals surface area (Å²) in [4.78, 5) is 27.3. The molecule has 0 aromatic heterocycles. The molecular formula is C26H29N3O3. The summed E-state index contributed by atoms with van der Waals surface area (Å²) in [7, 11) is 5.38. The van der Waals surface area contributed by atoms with E-state index in [1.54, 1.807) is 13.2 Å². The van der Waals surface area contributed by atoms with E-state index >= 15 is 0 Å². The first kappa shape index (κ1) is 22.9. The Hall–Kier alpha value is -3.80. The molecule has 0 aliphatic heterocycles. The number of anilines is 2. The van der Waals surface area contributed by atoms with E-state index in [4.69, 9.17) is 4.74 Å². The predicted octanol–water partition coefficient (Wildman–Crippen LogP) is 3.91. The molecule has 3 aromatic rings. The second-order valence-electron chi connectivity index (χ2n) is 7.69. The molecule has 166 valence electrons. The first-order valence-electron chi connectivity index (χ1n) is 10.5. The van der Waals surface area contributed by atoms with Gasteiger partial charge in [-0.2, -0.15) is 0 Å². The minimum Gasteiger partial charge on any atom is -0.497 e. The lowest BCUT2D eigenvalue weighted by molar-refractivity contribution is -0.115. The smallest absolute Gasteiger partial charge is 0.253 e. The Labute approximate surface area is 189 Å². The molecule has 0 saturated carbocycles. The normalized spacial score (nSPS) is 10.3. The van der Waals surface area contributed by atoms with Crippen molar-refractivity contribution in [2.45, 2.75) is 12.8 Å². The van der Waals surface area contributed by atoms with Crippen LogP contribution in [0.1, 0.15) is 21.5 Å². The molecule has 0 unspecified atom stereocenters. The van der Waals surface area contributed by atoms with Crippen molar-refractivity contribution in [3.05, 3.63) is 89.5 Å². The number of hydrogen-bond donors (Lipinski definition) is 2. The molecule has 0 bridgehead atoms. The Kier molecular flexibility index (Phi) is 7.86. The van der Waals surface area contributed by atoms with Gasteiger partial charge in [0, 0.05) is 32.0 Å². The van der Waals surface area contributed by atoms with Crippen LogP contribution in [0.4, 0.5) is 11.4 Å². The second kappa shape index (κ2) is 11.0. The minimum atomic E-state index is -0.170. The van der Waals surface area contributed by atoms with Crippen LogP contribution in [0.2, 0.25) is 0 Å². The molecule has 3 aromatic carbocycles. The summed E-state index contributed by atoms with van der Waals surface area (Å²) in [6, 6.07) is 22.8. The van der Waals surface area contributed by atoms with E-state index in [-0.39, 0.29) is 18.2 Å². The van der Waals surface area contributed by atoms with Crippen molar-refractivity contribution < 1.29 is 14.3 Å². The number of benzene rings is 3. The zero-order valence-electron chi connectivity index (χ0n) is 18.7. The van der Waals surface area contributed by atoms with Crippen LogP contribution in [-0.2, 0) is 17.6 Å². The Morgan fingerprint density at radius 3 is 2.28 bits per heavy atom. The van der Waals surface area contributed by atoms with Crippen molar-refractivity contribution in [1.29, 1.82) is 0 Å². The molecule has 3 rings (SSSR count). The molecule has 0 aliphatic carbocycles. The summed E-state index contributed by atoms with van der Waals surface area (Å²) in [5.74, 6) is 0.426. The largest absolute Gasteiger partial charge is 0.497 e. The minimum absolute atomic E-state index is 0.150. The highest BCUT2D eigenvalue weighted by Crippen LogP contribution is 2.23. The van der Waals surface area contributed by atoms with Crippen LogP contribution in [0.5, 0.6) is 5.75 Å². The molecule has 0 atom stereocenters. The highest BCUT2D eigenvalue weighted by molar-refractivity contribution is 6.02. The summed E-state index contributed by atoms with van der Waals surface area (Å²) in [6.07, 6.45) is 0.986. The average Bonchev–Trinajstić information content (AvgIpc) is 2.80. The topological polar surface area (TPSA) is 70.7 Å². The van der Waals surface area contributed by atoms with E-state index in [1.807, 2.05) is 85.7 Å². The van der Waals surface area contributed by atoms with Crippen molar-refractivity contribution in [3.63, 3.8) is 0 Å². The SMILES string of the molecule is COc1ccc(CC(=O)Nc2ccc(N(C)C)c(C(=O)NCCc3ccccc3)c2)cc1. The average molecular weight is 432 g/mol. The van der Waals surface area contributed by atoms with E-state index in [2.05, 4.69) is 10.6 Å². The lowest BCUT2D eigenvalue weighted by atomic mass is 10.1. The molecule has 0 aliphatic rings. The molecule has 0 fully saturated rings. The van der Waals surface area contributed by atoms with Gasteiger partial charge < -0.3 is 20.3 Å². The number of ether oxygens (including phenoxy) is 1. The zero-order valence-corrected chi connectivity index (χ0v) is 18.7. The maximum atomic E-state index is 12.9. The number of hydrogen-bond acceptors (Lipinski definition) is 4. The van der Waals surface area contributed by atoms with Gasteiger partial charge in [-0.1, -0.05) is 42.5 Å². The van der Waals surface area contributed by atoms with E-state index < -0.39 is 0 Å². The van der Waals surface area contributed by atoms with Crippen LogP contribution in [-0.4, -0.2) is 39.6 Å². The quantitative estimate of drug-likeness (QED) is 0.539. The van der Waals surface area contributed by atoms with Gasteiger partial charge in [0.1, 0.15) is 5.75 Å². The molecule has 6 nitrogen and oxygen atoms in total. The van der Waals surface area contributed by atoms with E-state index in [1.165, 1.54) is 5.56 Å². The lowest BCUT2D eigenvalue weighted by Crippen LogP contribution is -2.28. The van der Waals surface area contributed by atoms with Crippen LogP contribution in [0.3, 0.4) is 0 Å². The van der Waals surface area contributed by atoms with Gasteiger partial charge in [0.05, 0.1) is 19.1 Å². The Morgan fingerprint density at radius 1 is 0.906 bits per heavy atom. The van der Waals surface area contributed by atoms with Crippen LogP contribution < -0.4 is 20.3 Å². The number of carbonyl (C=O) groups excluding carboxylic acids is 2. The van der Waals surface area contributed by atoms with Gasteiger partial charge >= 0.3 is 0 Å². The number of rotatable bonds is 9. The number of amides is 2. The van der Waals surface area contributed by atoms with Crippen molar-refractivity contribution in [2.75, 3.05) is 38.0 Å². The third-order valence-electron chi connectivity index (χ3n) is 5.07. The van der Waals surface area contributed by atoms with Gasteiger partial charge in [0.15, 0.2) is 0 Å². The number of nitrogens with zero attached hydrogens (tertiary/aromatic N) is 1. The van der Waals surface area contributed by atoms with Crippen molar-refractivity contribution in [2.24, 2.45) is 0 Å². The summed E-state index contributed by atoms with van der Waals surface area (Å²) >= 11 is 0. The number of carbonyl (C=O) groups is 2. The first-order valence-corrected chi connectivity index (χ1v) is 10.5. The van der Waals surface area contributed by atoms with Gasteiger partial charge in [-0.15, -0.1) is 0 Å². The molecule has 0 saturated heterocycles. The second-order valence-corrected chi connectivity index (χ2v) is 7.69. The number of methoxy groups -OCH3 is 1. The van der Waals surface area contributed by atoms with Crippen LogP contribution in [0.25, 0.3) is 0 Å². The predicted molar refractivity (Wildman–Crippen MR) is 129 cm³/mol. The maximum Gasteiger partial charge on any atom is 0.253 e. The number of nitrogens with one attached hydrogen (secondary N) is 2. The molecule has 2 amide bonds. The van der Waals surface area contributed by atoms with Crippen LogP contribution >= 0.6 is 0 Å². The Balaban J connectivity index is 1.66. The summed E-state index contributed by atoms with van der Waals surface area (Å²) in [5.41, 5.74) is 3.94. The monoisotopic (exact) mass is 431 g/mol. The molecule has 0 radical (unpaired) electrons. The summed E-state index contributed by atoms with van der Waals surface area (Å²) in [6.45, 7) is 0.532. The fourth-order valence-electron chi connectivity index (χ4n) is 3.38. The van der Waals surface area contributed by atoms with Crippen molar-refractivity contribution >= 4 is 23.2 Å². The summed E-state index contributed by atoms with van der Waals surface area (Å²) < 4.78 is 5.15. The van der Waals surface area contributed by atoms with Crippen LogP contribution in [0, 0.1) is 0 Å². The fraction of sp³-hybridized carbons (Fsp3) is 0.231.